The molecule has 0 unspecified atom stereocenters. The minimum absolute atomic E-state index is 0. The summed E-state index contributed by atoms with van der Waals surface area (Å²) in [6.07, 6.45) is 7.92. The van der Waals surface area contributed by atoms with Crippen LogP contribution in [0.15, 0.2) is 48.6 Å². The van der Waals surface area contributed by atoms with Crippen LogP contribution >= 0.6 is 0 Å². The van der Waals surface area contributed by atoms with E-state index >= 15 is 0 Å². The third-order valence-corrected chi connectivity index (χ3v) is 8.54. The Morgan fingerprint density at radius 3 is 2.06 bits per heavy atom. The van der Waals surface area contributed by atoms with Gasteiger partial charge in [-0.2, -0.15) is 0 Å². The predicted molar refractivity (Wildman–Crippen MR) is 139 cm³/mol. The fourth-order valence-electron chi connectivity index (χ4n) is 4.96. The molecule has 0 heterocycles. The molecule has 0 saturated heterocycles. The van der Waals surface area contributed by atoms with E-state index < -0.39 is 8.07 Å². The quantitative estimate of drug-likeness (QED) is 0.244. The first-order valence-corrected chi connectivity index (χ1v) is 14.9. The topological polar surface area (TPSA) is 0 Å². The molecule has 31 heavy (non-hydrogen) atoms. The number of allylic oxidation sites excluding steroid dienone is 4. The van der Waals surface area contributed by atoms with Gasteiger partial charge in [-0.25, -0.2) is 0 Å². The number of hydrogen-bond donors (Lipinski definition) is 0. The molecular formula is C29H37SiZr-. The Balaban J connectivity index is 0.00000272. The Hall–Kier alpha value is -1.11. The molecule has 1 aliphatic carbocycles. The van der Waals surface area contributed by atoms with E-state index in [1.165, 1.54) is 38.2 Å². The van der Waals surface area contributed by atoms with Gasteiger partial charge in [0.15, 0.2) is 0 Å². The van der Waals surface area contributed by atoms with Crippen molar-refractivity contribution in [2.45, 2.75) is 78.4 Å². The van der Waals surface area contributed by atoms with Crippen molar-refractivity contribution in [2.24, 2.45) is 0 Å². The Morgan fingerprint density at radius 1 is 0.871 bits per heavy atom. The molecule has 0 saturated carbocycles. The van der Waals surface area contributed by atoms with Crippen LogP contribution in [-0.4, -0.2) is 8.07 Å². The maximum atomic E-state index is 2.56. The van der Waals surface area contributed by atoms with Gasteiger partial charge in [-0.1, -0.05) is 125 Å². The van der Waals surface area contributed by atoms with Crippen molar-refractivity contribution in [3.05, 3.63) is 65.3 Å². The monoisotopic (exact) mass is 503 g/mol. The summed E-state index contributed by atoms with van der Waals surface area (Å²) in [6.45, 7) is 21.6. The molecular weight excluding hydrogens is 468 g/mol. The van der Waals surface area contributed by atoms with Crippen LogP contribution in [0.1, 0.15) is 64.7 Å². The first-order valence-electron chi connectivity index (χ1n) is 11.4. The fourth-order valence-corrected chi connectivity index (χ4v) is 6.78. The van der Waals surface area contributed by atoms with Crippen molar-refractivity contribution in [3.63, 3.8) is 0 Å². The third-order valence-electron chi connectivity index (χ3n) is 6.53. The van der Waals surface area contributed by atoms with Gasteiger partial charge in [0, 0.05) is 26.2 Å². The van der Waals surface area contributed by atoms with Crippen LogP contribution < -0.4 is 5.19 Å². The summed E-state index contributed by atoms with van der Waals surface area (Å²) in [7, 11) is -1.54. The van der Waals surface area contributed by atoms with Crippen LogP contribution in [0.4, 0.5) is 0 Å². The first kappa shape index (κ1) is 24.5. The average Bonchev–Trinajstić information content (AvgIpc) is 3.24. The van der Waals surface area contributed by atoms with Gasteiger partial charge >= 0.3 is 0 Å². The van der Waals surface area contributed by atoms with E-state index in [0.717, 1.165) is 6.42 Å². The molecule has 0 N–H and O–H groups in total. The molecule has 0 bridgehead atoms. The van der Waals surface area contributed by atoms with Crippen molar-refractivity contribution in [1.29, 1.82) is 0 Å². The van der Waals surface area contributed by atoms with Crippen molar-refractivity contribution in [1.82, 2.24) is 0 Å². The molecule has 3 aromatic carbocycles. The van der Waals surface area contributed by atoms with E-state index in [1.54, 1.807) is 10.8 Å². The normalized spacial score (nSPS) is 14.9. The standard InChI is InChI=1S/C29H37Si.Zr/c1-28(2,3)21-14-15-22-20(16-21)17-24-23(22)18-25(30(7,8)9)27(29(4,5)6)26(24)19-12-10-11-13-19;/h10-12,14-18H,13H2,1-9H3;/q-1;. The fraction of sp³-hybridized carbons (Fsp3) is 0.414. The molecule has 0 fully saturated rings. The zero-order valence-corrected chi connectivity index (χ0v) is 24.3. The Labute approximate surface area is 209 Å². The SMILES string of the molecule is CC(C)(C)c1ccc2c(c1)[cH-]c1c(C3=CC=CC3)c(C(C)(C)C)c([Si](C)(C)C)cc12.[Zr]. The van der Waals surface area contributed by atoms with E-state index in [-0.39, 0.29) is 37.0 Å². The van der Waals surface area contributed by atoms with Gasteiger partial charge in [-0.05, 0) is 17.3 Å². The predicted octanol–water partition coefficient (Wildman–Crippen LogP) is 8.19. The third kappa shape index (κ3) is 4.40. The van der Waals surface area contributed by atoms with Gasteiger partial charge < -0.3 is 0 Å². The second-order valence-corrected chi connectivity index (χ2v) is 17.2. The summed E-state index contributed by atoms with van der Waals surface area (Å²) < 4.78 is 0. The van der Waals surface area contributed by atoms with Gasteiger partial charge in [0.05, 0.1) is 8.07 Å². The van der Waals surface area contributed by atoms with E-state index in [1.807, 2.05) is 0 Å². The summed E-state index contributed by atoms with van der Waals surface area (Å²) in [5.41, 5.74) is 6.26. The molecule has 0 radical (unpaired) electrons. The van der Waals surface area contributed by atoms with Crippen molar-refractivity contribution < 1.29 is 26.2 Å². The summed E-state index contributed by atoms with van der Waals surface area (Å²) in [4.78, 5) is 0. The molecule has 0 atom stereocenters. The second kappa shape index (κ2) is 8.03. The number of rotatable bonds is 2. The maximum absolute atomic E-state index is 2.56. The van der Waals surface area contributed by atoms with Gasteiger partial charge in [-0.3, -0.25) is 0 Å². The van der Waals surface area contributed by atoms with E-state index in [9.17, 15) is 0 Å². The van der Waals surface area contributed by atoms with Crippen LogP contribution in [0.2, 0.25) is 19.6 Å². The first-order chi connectivity index (χ1) is 13.8. The number of hydrogen-bond acceptors (Lipinski definition) is 0. The van der Waals surface area contributed by atoms with E-state index in [4.69, 9.17) is 0 Å². The Morgan fingerprint density at radius 2 is 1.55 bits per heavy atom. The zero-order valence-electron chi connectivity index (χ0n) is 20.8. The smallest absolute Gasteiger partial charge is 0.0763 e. The van der Waals surface area contributed by atoms with Crippen molar-refractivity contribution in [3.8, 4) is 0 Å². The van der Waals surface area contributed by atoms with Crippen LogP contribution in [0.5, 0.6) is 0 Å². The summed E-state index contributed by atoms with van der Waals surface area (Å²) in [5.74, 6) is 0. The van der Waals surface area contributed by atoms with Gasteiger partial charge in [0.2, 0.25) is 0 Å². The summed E-state index contributed by atoms with van der Waals surface area (Å²) in [6, 6.07) is 12.2. The summed E-state index contributed by atoms with van der Waals surface area (Å²) in [5, 5.41) is 7.30. The second-order valence-electron chi connectivity index (χ2n) is 12.2. The number of benzene rings is 2. The molecule has 0 aromatic heterocycles. The van der Waals surface area contributed by atoms with E-state index in [2.05, 4.69) is 110 Å². The van der Waals surface area contributed by atoms with Crippen LogP contribution in [0.25, 0.3) is 27.1 Å². The molecule has 0 aliphatic heterocycles. The van der Waals surface area contributed by atoms with Crippen LogP contribution in [0.3, 0.4) is 0 Å². The zero-order chi connectivity index (χ0) is 22.1. The van der Waals surface area contributed by atoms with E-state index in [0.29, 0.717) is 0 Å². The minimum Gasteiger partial charge on any atom is -0.126 e. The number of fused-ring (bicyclic) bond motifs is 3. The average molecular weight is 505 g/mol. The molecule has 0 nitrogen and oxygen atoms in total. The largest absolute Gasteiger partial charge is 0.126 e. The molecule has 0 spiro atoms. The molecule has 3 aromatic rings. The van der Waals surface area contributed by atoms with Crippen molar-refractivity contribution in [2.75, 3.05) is 0 Å². The Bertz CT molecular complexity index is 1200. The van der Waals surface area contributed by atoms with Crippen LogP contribution in [-0.2, 0) is 37.0 Å². The minimum atomic E-state index is -1.54. The Kier molecular flexibility index (Phi) is 6.36. The molecule has 1 aliphatic rings. The maximum Gasteiger partial charge on any atom is 0.0763 e. The van der Waals surface area contributed by atoms with Gasteiger partial charge in [-0.15, -0.1) is 33.7 Å². The molecule has 4 rings (SSSR count). The van der Waals surface area contributed by atoms with Gasteiger partial charge in [0.25, 0.3) is 0 Å². The summed E-state index contributed by atoms with van der Waals surface area (Å²) >= 11 is 0. The van der Waals surface area contributed by atoms with Crippen molar-refractivity contribution >= 4 is 40.4 Å². The molecule has 2 heteroatoms. The molecule has 162 valence electrons. The molecule has 0 amide bonds. The van der Waals surface area contributed by atoms with Crippen LogP contribution in [0, 0.1) is 0 Å². The van der Waals surface area contributed by atoms with Gasteiger partial charge in [0.1, 0.15) is 0 Å².